The summed E-state index contributed by atoms with van der Waals surface area (Å²) in [6.07, 6.45) is 0. The molecule has 1 aromatic heterocycles. The molecule has 0 unspecified atom stereocenters. The third-order valence-electron chi connectivity index (χ3n) is 1.91. The Morgan fingerprint density at radius 3 is 2.86 bits per heavy atom. The molecule has 1 aromatic carbocycles. The third-order valence-corrected chi connectivity index (χ3v) is 1.91. The normalized spacial score (nSPS) is 10.0. The first kappa shape index (κ1) is 8.45. The van der Waals surface area contributed by atoms with E-state index < -0.39 is 0 Å². The van der Waals surface area contributed by atoms with E-state index in [1.807, 2.05) is 6.07 Å². The molecule has 0 spiro atoms. The van der Waals surface area contributed by atoms with Gasteiger partial charge in [-0.05, 0) is 24.3 Å². The number of nitriles is 1. The van der Waals surface area contributed by atoms with E-state index in [1.54, 1.807) is 0 Å². The van der Waals surface area contributed by atoms with Crippen molar-refractivity contribution in [1.29, 1.82) is 5.26 Å². The van der Waals surface area contributed by atoms with Crippen LogP contribution in [0.5, 0.6) is 0 Å². The Kier molecular flexibility index (Phi) is 1.79. The number of anilines is 1. The third kappa shape index (κ3) is 1.25. The average Bonchev–Trinajstić information content (AvgIpc) is 2.17. The Balaban J connectivity index is 2.90. The van der Waals surface area contributed by atoms with Crippen molar-refractivity contribution < 1.29 is 4.39 Å². The topological polar surface area (TPSA) is 62.7 Å². The molecule has 2 N–H and O–H groups in total. The maximum atomic E-state index is 12.9. The molecule has 14 heavy (non-hydrogen) atoms. The van der Waals surface area contributed by atoms with E-state index in [4.69, 9.17) is 11.0 Å². The minimum atomic E-state index is -0.388. The first-order valence-electron chi connectivity index (χ1n) is 3.96. The lowest BCUT2D eigenvalue weighted by Crippen LogP contribution is -1.93. The molecule has 0 saturated carbocycles. The van der Waals surface area contributed by atoms with Gasteiger partial charge in [-0.3, -0.25) is 0 Å². The smallest absolute Gasteiger partial charge is 0.125 e. The largest absolute Gasteiger partial charge is 0.384 e. The summed E-state index contributed by atoms with van der Waals surface area (Å²) in [6, 6.07) is 7.45. The highest BCUT2D eigenvalue weighted by molar-refractivity contribution is 5.86. The van der Waals surface area contributed by atoms with Crippen molar-refractivity contribution in [2.45, 2.75) is 0 Å². The zero-order chi connectivity index (χ0) is 10.1. The van der Waals surface area contributed by atoms with Gasteiger partial charge in [-0.25, -0.2) is 9.37 Å². The highest BCUT2D eigenvalue weighted by Crippen LogP contribution is 2.19. The summed E-state index contributed by atoms with van der Waals surface area (Å²) in [5.41, 5.74) is 6.35. The predicted molar refractivity (Wildman–Crippen MR) is 50.8 cm³/mol. The second-order valence-corrected chi connectivity index (χ2v) is 2.87. The Bertz CT molecular complexity index is 543. The van der Waals surface area contributed by atoms with E-state index in [-0.39, 0.29) is 11.6 Å². The van der Waals surface area contributed by atoms with Gasteiger partial charge in [0.1, 0.15) is 11.6 Å². The number of nitrogens with zero attached hydrogens (tertiary/aromatic N) is 2. The molecule has 0 radical (unpaired) electrons. The molecule has 0 saturated heterocycles. The van der Waals surface area contributed by atoms with Crippen molar-refractivity contribution >= 4 is 16.7 Å². The van der Waals surface area contributed by atoms with Crippen LogP contribution in [-0.2, 0) is 0 Å². The van der Waals surface area contributed by atoms with Gasteiger partial charge in [-0.15, -0.1) is 0 Å². The first-order valence-corrected chi connectivity index (χ1v) is 3.96. The van der Waals surface area contributed by atoms with Gasteiger partial charge in [0.15, 0.2) is 0 Å². The number of aromatic nitrogens is 1. The molecule has 0 atom stereocenters. The molecular weight excluding hydrogens is 181 g/mol. The van der Waals surface area contributed by atoms with E-state index in [0.717, 1.165) is 0 Å². The fourth-order valence-corrected chi connectivity index (χ4v) is 1.31. The summed E-state index contributed by atoms with van der Waals surface area (Å²) in [6.45, 7) is 0. The van der Waals surface area contributed by atoms with E-state index in [2.05, 4.69) is 4.98 Å². The van der Waals surface area contributed by atoms with Crippen molar-refractivity contribution in [2.75, 3.05) is 5.73 Å². The number of nitrogen functional groups attached to an aromatic ring is 1. The molecule has 0 bridgehead atoms. The van der Waals surface area contributed by atoms with Crippen molar-refractivity contribution in [3.8, 4) is 6.07 Å². The highest BCUT2D eigenvalue weighted by atomic mass is 19.1. The Labute approximate surface area is 79.6 Å². The minimum Gasteiger partial charge on any atom is -0.384 e. The van der Waals surface area contributed by atoms with Crippen LogP contribution in [0.3, 0.4) is 0 Å². The number of rotatable bonds is 0. The number of hydrogen-bond donors (Lipinski definition) is 1. The summed E-state index contributed by atoms with van der Waals surface area (Å²) in [7, 11) is 0. The maximum absolute atomic E-state index is 12.9. The molecule has 2 rings (SSSR count). The number of hydrogen-bond acceptors (Lipinski definition) is 3. The molecule has 4 heteroatoms. The molecular formula is C10H6FN3. The molecule has 0 aliphatic rings. The van der Waals surface area contributed by atoms with Gasteiger partial charge < -0.3 is 5.73 Å². The van der Waals surface area contributed by atoms with Crippen LogP contribution in [0, 0.1) is 17.1 Å². The van der Waals surface area contributed by atoms with Gasteiger partial charge >= 0.3 is 0 Å². The van der Waals surface area contributed by atoms with E-state index >= 15 is 0 Å². The molecule has 0 amide bonds. The van der Waals surface area contributed by atoms with Crippen molar-refractivity contribution in [3.63, 3.8) is 0 Å². The quantitative estimate of drug-likeness (QED) is 0.684. The summed E-state index contributed by atoms with van der Waals surface area (Å²) in [4.78, 5) is 3.99. The van der Waals surface area contributed by atoms with E-state index in [0.29, 0.717) is 16.5 Å². The van der Waals surface area contributed by atoms with Gasteiger partial charge in [0, 0.05) is 5.39 Å². The lowest BCUT2D eigenvalue weighted by Gasteiger charge is -2.00. The molecule has 0 fully saturated rings. The maximum Gasteiger partial charge on any atom is 0.125 e. The highest BCUT2D eigenvalue weighted by Gasteiger charge is 2.04. The van der Waals surface area contributed by atoms with Gasteiger partial charge in [0.05, 0.1) is 17.1 Å². The number of halogens is 1. The van der Waals surface area contributed by atoms with E-state index in [1.165, 1.54) is 24.3 Å². The van der Waals surface area contributed by atoms with E-state index in [9.17, 15) is 4.39 Å². The predicted octanol–water partition coefficient (Wildman–Crippen LogP) is 1.83. The summed E-state index contributed by atoms with van der Waals surface area (Å²) in [5.74, 6) is -0.124. The van der Waals surface area contributed by atoms with Crippen LogP contribution in [0.15, 0.2) is 24.3 Å². The number of nitrogens with two attached hydrogens (primary N) is 1. The second-order valence-electron chi connectivity index (χ2n) is 2.87. The lowest BCUT2D eigenvalue weighted by molar-refractivity contribution is 0.629. The molecule has 2 aromatic rings. The van der Waals surface area contributed by atoms with Crippen molar-refractivity contribution in [3.05, 3.63) is 35.6 Å². The average molecular weight is 187 g/mol. The van der Waals surface area contributed by atoms with Gasteiger partial charge in [-0.1, -0.05) is 0 Å². The Morgan fingerprint density at radius 2 is 2.14 bits per heavy atom. The van der Waals surface area contributed by atoms with Crippen molar-refractivity contribution in [2.24, 2.45) is 0 Å². The number of pyridine rings is 1. The Hall–Kier alpha value is -2.15. The van der Waals surface area contributed by atoms with Crippen molar-refractivity contribution in [1.82, 2.24) is 4.98 Å². The van der Waals surface area contributed by atoms with Crippen LogP contribution in [0.2, 0.25) is 0 Å². The Morgan fingerprint density at radius 1 is 1.36 bits per heavy atom. The SMILES string of the molecule is N#Cc1cc(N)nc2ccc(F)cc12. The molecule has 3 nitrogen and oxygen atoms in total. The second kappa shape index (κ2) is 2.96. The van der Waals surface area contributed by atoms with Crippen LogP contribution in [0.25, 0.3) is 10.9 Å². The van der Waals surface area contributed by atoms with Gasteiger partial charge in [-0.2, -0.15) is 5.26 Å². The van der Waals surface area contributed by atoms with Crippen LogP contribution in [-0.4, -0.2) is 4.98 Å². The monoisotopic (exact) mass is 187 g/mol. The van der Waals surface area contributed by atoms with Crippen LogP contribution in [0.1, 0.15) is 5.56 Å². The summed E-state index contributed by atoms with van der Waals surface area (Å²) in [5, 5.41) is 9.28. The van der Waals surface area contributed by atoms with Crippen LogP contribution >= 0.6 is 0 Å². The minimum absolute atomic E-state index is 0.264. The van der Waals surface area contributed by atoms with Gasteiger partial charge in [0.2, 0.25) is 0 Å². The number of benzene rings is 1. The molecule has 1 heterocycles. The fraction of sp³-hybridized carbons (Fsp3) is 0. The van der Waals surface area contributed by atoms with Crippen LogP contribution < -0.4 is 5.73 Å². The molecule has 0 aliphatic carbocycles. The number of fused-ring (bicyclic) bond motifs is 1. The first-order chi connectivity index (χ1) is 6.70. The van der Waals surface area contributed by atoms with Crippen LogP contribution in [0.4, 0.5) is 10.2 Å². The zero-order valence-corrected chi connectivity index (χ0v) is 7.16. The lowest BCUT2D eigenvalue weighted by atomic mass is 10.1. The fourth-order valence-electron chi connectivity index (χ4n) is 1.31. The summed E-state index contributed by atoms with van der Waals surface area (Å²) < 4.78 is 12.9. The zero-order valence-electron chi connectivity index (χ0n) is 7.16. The molecule has 68 valence electrons. The standard InChI is InChI=1S/C10H6FN3/c11-7-1-2-9-8(4-7)6(5-12)3-10(13)14-9/h1-4H,(H2,13,14). The summed E-state index contributed by atoms with van der Waals surface area (Å²) >= 11 is 0. The van der Waals surface area contributed by atoms with Gasteiger partial charge in [0.25, 0.3) is 0 Å². The molecule has 0 aliphatic heterocycles.